The topological polar surface area (TPSA) is 373 Å². The molecule has 3 fully saturated rings. The van der Waals surface area contributed by atoms with Gasteiger partial charge in [0.2, 0.25) is 11.8 Å². The van der Waals surface area contributed by atoms with Crippen LogP contribution >= 0.6 is 0 Å². The molecule has 504 valence electrons. The van der Waals surface area contributed by atoms with Gasteiger partial charge in [-0.25, -0.2) is 4.79 Å². The first-order valence-corrected chi connectivity index (χ1v) is 33.1. The second kappa shape index (κ2) is 44.9. The van der Waals surface area contributed by atoms with Gasteiger partial charge in [0.25, 0.3) is 5.79 Å². The molecule has 0 aromatic heterocycles. The Morgan fingerprint density at radius 3 is 1.55 bits per heavy atom. The first kappa shape index (κ1) is 77.7. The lowest BCUT2D eigenvalue weighted by atomic mass is 9.88. The van der Waals surface area contributed by atoms with Crippen molar-refractivity contribution in [2.75, 3.05) is 26.4 Å². The van der Waals surface area contributed by atoms with Crippen LogP contribution in [-0.2, 0) is 42.8 Å². The van der Waals surface area contributed by atoms with Crippen molar-refractivity contribution in [2.24, 2.45) is 0 Å². The van der Waals surface area contributed by atoms with Gasteiger partial charge in [-0.3, -0.25) is 9.59 Å². The van der Waals surface area contributed by atoms with E-state index in [1.54, 1.807) is 6.08 Å². The number of aliphatic carboxylic acids is 1. The summed E-state index contributed by atoms with van der Waals surface area (Å²) >= 11 is 0. The van der Waals surface area contributed by atoms with Crippen LogP contribution in [0.4, 0.5) is 0 Å². The molecule has 3 aliphatic rings. The van der Waals surface area contributed by atoms with Crippen LogP contribution < -0.4 is 10.6 Å². The van der Waals surface area contributed by atoms with Crippen LogP contribution in [0.5, 0.6) is 0 Å². The summed E-state index contributed by atoms with van der Waals surface area (Å²) in [6, 6.07) is -2.61. The Morgan fingerprint density at radius 2 is 1.08 bits per heavy atom. The molecule has 0 aliphatic carbocycles. The smallest absolute Gasteiger partial charge is 0.364 e. The predicted octanol–water partition coefficient (Wildman–Crippen LogP) is 4.73. The van der Waals surface area contributed by atoms with Crippen LogP contribution in [0.15, 0.2) is 12.2 Å². The predicted molar refractivity (Wildman–Crippen MR) is 320 cm³/mol. The zero-order valence-electron chi connectivity index (χ0n) is 52.2. The van der Waals surface area contributed by atoms with Crippen molar-refractivity contribution in [2.45, 2.75) is 342 Å². The summed E-state index contributed by atoms with van der Waals surface area (Å²) in [4.78, 5) is 38.5. The number of carbonyl (C=O) groups excluding carboxylic acids is 2. The number of aliphatic hydroxyl groups excluding tert-OH is 11. The van der Waals surface area contributed by atoms with Gasteiger partial charge in [-0.2, -0.15) is 0 Å². The minimum atomic E-state index is -3.08. The summed E-state index contributed by atoms with van der Waals surface area (Å²) in [5.41, 5.74) is 0. The maximum absolute atomic E-state index is 13.4. The molecular weight excluding hydrogens is 1120 g/mol. The summed E-state index contributed by atoms with van der Waals surface area (Å²) in [6.07, 6.45) is 11.2. The average molecular weight is 1240 g/mol. The third kappa shape index (κ3) is 27.9. The highest BCUT2D eigenvalue weighted by Crippen LogP contribution is 2.38. The monoisotopic (exact) mass is 1240 g/mol. The van der Waals surface area contributed by atoms with E-state index in [9.17, 15) is 75.7 Å². The molecule has 2 amide bonds. The summed E-state index contributed by atoms with van der Waals surface area (Å²) in [7, 11) is 0. The highest BCUT2D eigenvalue weighted by Gasteiger charge is 2.60. The first-order chi connectivity index (χ1) is 41.4. The molecule has 3 heterocycles. The molecule has 3 aliphatic heterocycles. The third-order valence-electron chi connectivity index (χ3n) is 17.0. The number of allylic oxidation sites excluding steroid dienone is 1. The second-order valence-corrected chi connectivity index (χ2v) is 24.3. The van der Waals surface area contributed by atoms with Crippen molar-refractivity contribution in [1.29, 1.82) is 0 Å². The Kier molecular flexibility index (Phi) is 40.5. The number of ether oxygens (including phenoxy) is 6. The fraction of sp³-hybridized carbons (Fsp3) is 0.921. The van der Waals surface area contributed by atoms with E-state index in [0.29, 0.717) is 12.8 Å². The summed E-state index contributed by atoms with van der Waals surface area (Å²) in [5.74, 6) is -6.14. The van der Waals surface area contributed by atoms with Gasteiger partial charge in [0.1, 0.15) is 67.1 Å². The van der Waals surface area contributed by atoms with Crippen molar-refractivity contribution < 1.29 is 104 Å². The molecule has 0 spiro atoms. The van der Waals surface area contributed by atoms with Gasteiger partial charge >= 0.3 is 5.97 Å². The van der Waals surface area contributed by atoms with Crippen molar-refractivity contribution in [3.05, 3.63) is 12.2 Å². The quantitative estimate of drug-likeness (QED) is 0.0289. The molecule has 14 N–H and O–H groups in total. The van der Waals surface area contributed by atoms with E-state index < -0.39 is 155 Å². The van der Waals surface area contributed by atoms with Crippen LogP contribution in [0.1, 0.15) is 233 Å². The van der Waals surface area contributed by atoms with Crippen molar-refractivity contribution in [3.63, 3.8) is 0 Å². The lowest BCUT2D eigenvalue weighted by Gasteiger charge is -2.50. The van der Waals surface area contributed by atoms with Crippen molar-refractivity contribution >= 4 is 17.8 Å². The Balaban J connectivity index is 1.62. The molecule has 0 aromatic rings. The zero-order valence-corrected chi connectivity index (χ0v) is 52.2. The number of nitrogens with one attached hydrogen (secondary N) is 2. The highest BCUT2D eigenvalue weighted by atomic mass is 16.8. The van der Waals surface area contributed by atoms with Gasteiger partial charge in [0.15, 0.2) is 12.6 Å². The number of rotatable bonds is 49. The summed E-state index contributed by atoms with van der Waals surface area (Å²) < 4.78 is 34.7. The Hall–Kier alpha value is -2.53. The maximum Gasteiger partial charge on any atom is 0.364 e. The standard InChI is InChI=1S/C63H116N2O21/c1-4-6-8-10-12-14-16-18-19-20-21-22-23-25-27-29-31-33-35-37-50(73)65-44(45(70)36-34-32-30-28-26-24-17-15-13-11-9-7-5-2)42-81-60-55(77)54(76)57(49(41-68)83-60)84-61-56(78)59(53(75)48(40-67)82-61)86-63(62(79)80)38-46(71)51(64-43(3)69)58(85-63)52(74)47(72)39-66/h34,36,44-49,51-61,66-68,70-72,74-78H,4-33,35,37-42H2,1-3H3,(H,64,69)(H,65,73)(H,79,80)/t44-,45+,46-,47+,48+,49+,51+,52+,53-,54+,55?,56+,57+,58?,59-,60+,61-,63-/m0/s1. The number of aliphatic hydroxyl groups is 11. The number of carboxylic acids is 1. The van der Waals surface area contributed by atoms with Crippen LogP contribution in [0.25, 0.3) is 0 Å². The number of hydrogen-bond acceptors (Lipinski definition) is 20. The lowest BCUT2D eigenvalue weighted by Crippen LogP contribution is -2.70. The minimum Gasteiger partial charge on any atom is -0.477 e. The Labute approximate surface area is 511 Å². The highest BCUT2D eigenvalue weighted by molar-refractivity contribution is 5.77. The zero-order chi connectivity index (χ0) is 63.3. The maximum atomic E-state index is 13.4. The van der Waals surface area contributed by atoms with E-state index in [4.69, 9.17) is 28.4 Å². The molecule has 0 saturated carbocycles. The summed E-state index contributed by atoms with van der Waals surface area (Å²) in [6.45, 7) is 2.12. The molecule has 23 nitrogen and oxygen atoms in total. The van der Waals surface area contributed by atoms with Crippen LogP contribution in [-0.4, -0.2) is 215 Å². The number of carbonyl (C=O) groups is 3. The number of carboxylic acid groups (broad SMARTS) is 1. The van der Waals surface area contributed by atoms with E-state index in [-0.39, 0.29) is 12.3 Å². The van der Waals surface area contributed by atoms with Gasteiger partial charge < -0.3 is 100 Å². The van der Waals surface area contributed by atoms with Crippen molar-refractivity contribution in [1.82, 2.24) is 10.6 Å². The fourth-order valence-electron chi connectivity index (χ4n) is 11.6. The average Bonchev–Trinajstić information content (AvgIpc) is 1.37. The van der Waals surface area contributed by atoms with E-state index in [1.165, 1.54) is 141 Å². The van der Waals surface area contributed by atoms with E-state index in [1.807, 2.05) is 6.08 Å². The van der Waals surface area contributed by atoms with Gasteiger partial charge in [-0.05, 0) is 19.3 Å². The molecule has 0 bridgehead atoms. The van der Waals surface area contributed by atoms with E-state index in [2.05, 4.69) is 24.5 Å². The van der Waals surface area contributed by atoms with E-state index in [0.717, 1.165) is 51.9 Å². The molecule has 2 unspecified atom stereocenters. The first-order valence-electron chi connectivity index (χ1n) is 33.1. The van der Waals surface area contributed by atoms with Gasteiger partial charge in [0, 0.05) is 19.8 Å². The van der Waals surface area contributed by atoms with Crippen molar-refractivity contribution in [3.8, 4) is 0 Å². The minimum absolute atomic E-state index is 0.205. The Morgan fingerprint density at radius 1 is 0.605 bits per heavy atom. The third-order valence-corrected chi connectivity index (χ3v) is 17.0. The molecule has 0 radical (unpaired) electrons. The van der Waals surface area contributed by atoms with Crippen LogP contribution in [0.2, 0.25) is 0 Å². The summed E-state index contributed by atoms with van der Waals surface area (Å²) in [5, 5.41) is 136. The number of amides is 2. The van der Waals surface area contributed by atoms with E-state index >= 15 is 0 Å². The second-order valence-electron chi connectivity index (χ2n) is 24.3. The van der Waals surface area contributed by atoms with Crippen LogP contribution in [0, 0.1) is 0 Å². The molecule has 18 atom stereocenters. The van der Waals surface area contributed by atoms with Gasteiger partial charge in [-0.1, -0.05) is 206 Å². The Bertz CT molecular complexity index is 1810. The molecule has 0 aromatic carbocycles. The SMILES string of the molecule is CCCCCCCCCCCCCC=C[C@@H](O)[C@H](CO[C@@H]1O[C@H](CO)[C@@H](O[C@@H]2O[C@H](CO)[C@H](O)[C@H](O[C@]3(C(=O)O)C[C@H](O)[C@@H](NC(C)=O)C([C@H](O)[C@H](O)CO)O3)[C@H]2O)[C@H](O)C1O)NC(=O)CCCCCCCCCCCCCCCCCCCCC. The molecule has 3 saturated heterocycles. The molecular formula is C63H116N2O21. The molecule has 23 heteroatoms. The molecule has 86 heavy (non-hydrogen) atoms. The van der Waals surface area contributed by atoms with Gasteiger partial charge in [0.05, 0.1) is 50.7 Å². The van der Waals surface area contributed by atoms with Gasteiger partial charge in [-0.15, -0.1) is 0 Å². The lowest BCUT2D eigenvalue weighted by molar-refractivity contribution is -0.386. The fourth-order valence-corrected chi connectivity index (χ4v) is 11.6. The molecule has 3 rings (SSSR count). The largest absolute Gasteiger partial charge is 0.477 e. The van der Waals surface area contributed by atoms with Crippen LogP contribution in [0.3, 0.4) is 0 Å². The normalized spacial score (nSPS) is 29.4. The number of unbranched alkanes of at least 4 members (excludes halogenated alkanes) is 29. The number of hydrogen-bond donors (Lipinski definition) is 14.